The molecule has 0 spiro atoms. The van der Waals surface area contributed by atoms with Crippen LogP contribution in [-0.2, 0) is 0 Å². The van der Waals surface area contributed by atoms with E-state index in [1.165, 1.54) is 344 Å². The van der Waals surface area contributed by atoms with E-state index in [2.05, 4.69) is 130 Å². The van der Waals surface area contributed by atoms with Crippen molar-refractivity contribution in [3.8, 4) is 0 Å². The van der Waals surface area contributed by atoms with Gasteiger partial charge in [-0.3, -0.25) is 0 Å². The molecule has 0 aromatic heterocycles. The fourth-order valence-corrected chi connectivity index (χ4v) is 38.0. The van der Waals surface area contributed by atoms with Gasteiger partial charge in [-0.2, -0.15) is 0 Å². The van der Waals surface area contributed by atoms with Crippen LogP contribution in [-0.4, -0.2) is 73.9 Å². The maximum absolute atomic E-state index is 4.53. The van der Waals surface area contributed by atoms with Gasteiger partial charge in [0.05, 0.1) is 0 Å². The van der Waals surface area contributed by atoms with Gasteiger partial charge in [0, 0.05) is 0 Å². The van der Waals surface area contributed by atoms with Crippen LogP contribution in [0.5, 0.6) is 0 Å². The van der Waals surface area contributed by atoms with Crippen molar-refractivity contribution in [3.05, 3.63) is 0 Å². The molecule has 72 heavy (non-hydrogen) atoms. The molecule has 0 rings (SSSR count). The van der Waals surface area contributed by atoms with Crippen molar-refractivity contribution < 1.29 is 0 Å². The molecule has 0 atom stereocenters. The first-order valence-corrected chi connectivity index (χ1v) is 48.8. The third-order valence-electron chi connectivity index (χ3n) is 17.3. The van der Waals surface area contributed by atoms with Crippen LogP contribution in [0, 0.1) is 0 Å². The first kappa shape index (κ1) is 79.0. The van der Waals surface area contributed by atoms with Crippen molar-refractivity contribution in [2.24, 2.45) is 0 Å². The zero-order chi connectivity index (χ0) is 54.5. The molecule has 0 heterocycles. The first-order valence-electron chi connectivity index (χ1n) is 33.8. The first-order chi connectivity index (χ1) is 34.6. The molecule has 0 bridgehead atoms. The molecule has 6 heteroatoms. The summed E-state index contributed by atoms with van der Waals surface area (Å²) < 4.78 is 0. The summed E-state index contributed by atoms with van der Waals surface area (Å²) in [6.07, 6.45) is 78.2. The van der Waals surface area contributed by atoms with Gasteiger partial charge >= 0.3 is 489 Å². The molecule has 0 nitrogen and oxygen atoms in total. The summed E-state index contributed by atoms with van der Waals surface area (Å²) in [5, 5.41) is -4.84. The minimum atomic E-state index is -1.61. The molecular weight excluding hydrogens is 1130 g/mol. The van der Waals surface area contributed by atoms with Crippen LogP contribution >= 0.6 is 62.4 Å². The summed E-state index contributed by atoms with van der Waals surface area (Å²) >= 11 is 13.6. The van der Waals surface area contributed by atoms with Crippen molar-refractivity contribution in [1.82, 2.24) is 0 Å². The second kappa shape index (κ2) is 51.8. The van der Waals surface area contributed by atoms with Crippen molar-refractivity contribution in [2.45, 2.75) is 353 Å². The monoisotopic (exact) mass is 1270 g/mol. The summed E-state index contributed by atoms with van der Waals surface area (Å²) in [6.45, 7) is 28.2. The third-order valence-corrected chi connectivity index (χ3v) is 47.3. The molecule has 0 fully saturated rings. The average Bonchev–Trinajstić information content (AvgIpc) is 3.39. The van der Waals surface area contributed by atoms with E-state index in [1.54, 1.807) is 0 Å². The second-order valence-electron chi connectivity index (χ2n) is 24.7. The molecular formula is C66H144Br3P3. The van der Waals surface area contributed by atoms with Crippen LogP contribution in [0.1, 0.15) is 353 Å². The summed E-state index contributed by atoms with van der Waals surface area (Å²) in [4.78, 5) is 0. The van der Waals surface area contributed by atoms with Crippen LogP contribution in [0.3, 0.4) is 0 Å². The second-order valence-corrected chi connectivity index (χ2v) is 59.1. The molecule has 0 aromatic rings. The number of hydrogen-bond donors (Lipinski definition) is 0. The van der Waals surface area contributed by atoms with Crippen molar-refractivity contribution in [2.75, 3.05) is 73.9 Å². The molecule has 0 N–H and O–H groups in total. The van der Waals surface area contributed by atoms with E-state index in [4.69, 9.17) is 0 Å². The molecule has 0 saturated heterocycles. The van der Waals surface area contributed by atoms with Crippen LogP contribution in [0.2, 0.25) is 0 Å². The fraction of sp³-hybridized carbons (Fsp3) is 1.00. The van der Waals surface area contributed by atoms with Crippen molar-refractivity contribution >= 4 is 62.4 Å². The van der Waals surface area contributed by atoms with E-state index in [9.17, 15) is 0 Å². The van der Waals surface area contributed by atoms with Gasteiger partial charge < -0.3 is 0 Å². The van der Waals surface area contributed by atoms with Gasteiger partial charge in [0.1, 0.15) is 0 Å². The summed E-state index contributed by atoms with van der Waals surface area (Å²) in [5.74, 6) is 0. The van der Waals surface area contributed by atoms with Crippen molar-refractivity contribution in [1.29, 1.82) is 0 Å². The van der Waals surface area contributed by atoms with Gasteiger partial charge in [0.15, 0.2) is 0 Å². The maximum atomic E-state index is 4.53. The molecule has 0 amide bonds. The Kier molecular flexibility index (Phi) is 56.9. The van der Waals surface area contributed by atoms with Crippen LogP contribution in [0.4, 0.5) is 0 Å². The van der Waals surface area contributed by atoms with Gasteiger partial charge in [0.25, 0.3) is 0 Å². The Morgan fingerprint density at radius 3 is 0.361 bits per heavy atom. The van der Waals surface area contributed by atoms with Gasteiger partial charge in [-0.1, -0.05) is 0 Å². The van der Waals surface area contributed by atoms with E-state index in [1.807, 2.05) is 0 Å². The normalized spacial score (nSPS) is 13.8. The summed E-state index contributed by atoms with van der Waals surface area (Å²) in [7, 11) is 0. The quantitative estimate of drug-likeness (QED) is 0.0421. The summed E-state index contributed by atoms with van der Waals surface area (Å²) in [6, 6.07) is 0. The van der Waals surface area contributed by atoms with Crippen molar-refractivity contribution in [3.63, 3.8) is 0 Å². The molecule has 0 saturated carbocycles. The third kappa shape index (κ3) is 43.5. The van der Waals surface area contributed by atoms with E-state index in [-0.39, 0.29) is 0 Å². The molecule has 0 aliphatic carbocycles. The fourth-order valence-electron chi connectivity index (χ4n) is 11.9. The molecule has 0 aromatic carbocycles. The van der Waals surface area contributed by atoms with Gasteiger partial charge in [0.2, 0.25) is 0 Å². The summed E-state index contributed by atoms with van der Waals surface area (Å²) in [5.41, 5.74) is 0. The van der Waals surface area contributed by atoms with E-state index in [0.717, 1.165) is 0 Å². The topological polar surface area (TPSA) is 0 Å². The Bertz CT molecular complexity index is 891. The number of unbranched alkanes of at least 4 members (excludes halogenated alkanes) is 30. The Morgan fingerprint density at radius 1 is 0.139 bits per heavy atom. The van der Waals surface area contributed by atoms with E-state index < -0.39 is 15.9 Å². The van der Waals surface area contributed by atoms with Crippen LogP contribution in [0.25, 0.3) is 0 Å². The van der Waals surface area contributed by atoms with Gasteiger partial charge in [-0.15, -0.1) is 0 Å². The number of halogens is 3. The Balaban J connectivity index is -0.000000992. The Labute approximate surface area is 485 Å². The standard InChI is InChI=1S/3C22H48BrP/c3*1-5-9-13-14-15-16-17-18-22-24(23,19-10-6-2,20-11-7-3)21-12-8-4/h3*5-22H2,1-4H3. The predicted octanol–water partition coefficient (Wildman–Crippen LogP) is 28.2. The van der Waals surface area contributed by atoms with Crippen LogP contribution < -0.4 is 0 Å². The van der Waals surface area contributed by atoms with E-state index in [0.29, 0.717) is 0 Å². The Morgan fingerprint density at radius 2 is 0.236 bits per heavy atom. The zero-order valence-corrected chi connectivity index (χ0v) is 60.1. The number of rotatable bonds is 54. The number of hydrogen-bond acceptors (Lipinski definition) is 0. The molecule has 0 aliphatic heterocycles. The average molecular weight is 1270 g/mol. The van der Waals surface area contributed by atoms with Gasteiger partial charge in [-0.05, 0) is 0 Å². The predicted molar refractivity (Wildman–Crippen MR) is 368 cm³/mol. The Hall–Kier alpha value is 2.73. The molecule has 0 unspecified atom stereocenters. The molecule has 444 valence electrons. The molecule has 0 aliphatic rings. The van der Waals surface area contributed by atoms with E-state index >= 15 is 0 Å². The van der Waals surface area contributed by atoms with Crippen LogP contribution in [0.15, 0.2) is 0 Å². The van der Waals surface area contributed by atoms with Gasteiger partial charge in [-0.25, -0.2) is 0 Å². The minimum absolute atomic E-state index is 1.36. The molecule has 0 radical (unpaired) electrons. The SMILES string of the molecule is CCCCCCCCCCP(Br)(CCCC)(CCCC)CCCC.CCCCCCCCCCP(Br)(CCCC)(CCCC)CCCC.CCCCCCCCCCP(Br)(CCCC)(CCCC)CCCC. The zero-order valence-electron chi connectivity index (χ0n) is 52.7.